The molecule has 2 aromatic rings. The number of phenols is 1. The number of nitrogens with zero attached hydrogens (tertiary/aromatic N) is 2. The van der Waals surface area contributed by atoms with Crippen molar-refractivity contribution < 1.29 is 5.11 Å². The van der Waals surface area contributed by atoms with Crippen LogP contribution in [-0.4, -0.2) is 21.5 Å². The first-order valence-electron chi connectivity index (χ1n) is 7.35. The maximum atomic E-state index is 10.0. The minimum Gasteiger partial charge on any atom is -0.508 e. The van der Waals surface area contributed by atoms with Gasteiger partial charge in [-0.3, -0.25) is 9.88 Å². The van der Waals surface area contributed by atoms with Crippen LogP contribution < -0.4 is 0 Å². The largest absolute Gasteiger partial charge is 0.508 e. The Morgan fingerprint density at radius 3 is 3.00 bits per heavy atom. The summed E-state index contributed by atoms with van der Waals surface area (Å²) >= 11 is 6.05. The summed E-state index contributed by atoms with van der Waals surface area (Å²) in [5.74, 6) is 0.315. The number of aromatic nitrogens is 1. The molecule has 1 atom stereocenters. The predicted molar refractivity (Wildman–Crippen MR) is 84.4 cm³/mol. The van der Waals surface area contributed by atoms with Gasteiger partial charge in [0.25, 0.3) is 0 Å². The van der Waals surface area contributed by atoms with Crippen molar-refractivity contribution in [1.82, 2.24) is 9.88 Å². The van der Waals surface area contributed by atoms with Gasteiger partial charge < -0.3 is 5.11 Å². The molecule has 1 aliphatic rings. The van der Waals surface area contributed by atoms with Crippen molar-refractivity contribution in [3.8, 4) is 5.75 Å². The maximum absolute atomic E-state index is 10.0. The minimum atomic E-state index is 0.315. The third-order valence-electron chi connectivity index (χ3n) is 4.10. The van der Waals surface area contributed by atoms with E-state index in [1.807, 2.05) is 18.3 Å². The highest BCUT2D eigenvalue weighted by Gasteiger charge is 2.24. The summed E-state index contributed by atoms with van der Waals surface area (Å²) < 4.78 is 0. The van der Waals surface area contributed by atoms with Crippen molar-refractivity contribution in [2.45, 2.75) is 31.8 Å². The summed E-state index contributed by atoms with van der Waals surface area (Å²) in [4.78, 5) is 6.64. The molecule has 0 aliphatic carbocycles. The van der Waals surface area contributed by atoms with Gasteiger partial charge >= 0.3 is 0 Å². The zero-order valence-electron chi connectivity index (χ0n) is 11.9. The Labute approximate surface area is 130 Å². The Morgan fingerprint density at radius 2 is 2.19 bits per heavy atom. The molecule has 1 saturated heterocycles. The molecule has 3 rings (SSSR count). The van der Waals surface area contributed by atoms with Gasteiger partial charge in [0.1, 0.15) is 5.75 Å². The van der Waals surface area contributed by atoms with Crippen LogP contribution in [-0.2, 0) is 6.54 Å². The molecular weight excluding hydrogens is 284 g/mol. The lowest BCUT2D eigenvalue weighted by Gasteiger charge is -2.36. The molecule has 0 saturated carbocycles. The van der Waals surface area contributed by atoms with E-state index < -0.39 is 0 Å². The quantitative estimate of drug-likeness (QED) is 0.924. The van der Waals surface area contributed by atoms with E-state index in [2.05, 4.69) is 16.0 Å². The number of phenolic OH excluding ortho intramolecular Hbond substituents is 1. The van der Waals surface area contributed by atoms with Crippen LogP contribution in [0.3, 0.4) is 0 Å². The van der Waals surface area contributed by atoms with Crippen LogP contribution in [0.25, 0.3) is 0 Å². The lowest BCUT2D eigenvalue weighted by Crippen LogP contribution is -2.33. The first-order valence-corrected chi connectivity index (χ1v) is 7.73. The number of pyridine rings is 1. The van der Waals surface area contributed by atoms with Gasteiger partial charge in [0.2, 0.25) is 0 Å². The van der Waals surface area contributed by atoms with Crippen molar-refractivity contribution in [2.75, 3.05) is 6.54 Å². The average Bonchev–Trinajstić information content (AvgIpc) is 2.52. The maximum Gasteiger partial charge on any atom is 0.120 e. The van der Waals surface area contributed by atoms with Crippen LogP contribution in [0.4, 0.5) is 0 Å². The molecule has 1 aromatic carbocycles. The van der Waals surface area contributed by atoms with E-state index in [4.69, 9.17) is 11.6 Å². The van der Waals surface area contributed by atoms with Crippen LogP contribution in [0.2, 0.25) is 5.02 Å². The van der Waals surface area contributed by atoms with Gasteiger partial charge in [-0.05, 0) is 49.2 Å². The van der Waals surface area contributed by atoms with E-state index >= 15 is 0 Å². The summed E-state index contributed by atoms with van der Waals surface area (Å²) in [6.45, 7) is 1.75. The van der Waals surface area contributed by atoms with Crippen LogP contribution in [0, 0.1) is 0 Å². The zero-order valence-corrected chi connectivity index (χ0v) is 12.6. The Hall–Kier alpha value is -1.58. The average molecular weight is 303 g/mol. The summed E-state index contributed by atoms with van der Waals surface area (Å²) in [6, 6.07) is 9.72. The van der Waals surface area contributed by atoms with E-state index in [1.54, 1.807) is 18.3 Å². The van der Waals surface area contributed by atoms with E-state index in [1.165, 1.54) is 18.4 Å². The van der Waals surface area contributed by atoms with E-state index in [9.17, 15) is 5.11 Å². The Morgan fingerprint density at radius 1 is 1.29 bits per heavy atom. The molecule has 0 unspecified atom stereocenters. The molecule has 2 heterocycles. The summed E-state index contributed by atoms with van der Waals surface area (Å²) in [5, 5.41) is 10.7. The molecule has 0 amide bonds. The minimum absolute atomic E-state index is 0.315. The van der Waals surface area contributed by atoms with Crippen molar-refractivity contribution >= 4 is 11.6 Å². The van der Waals surface area contributed by atoms with Crippen LogP contribution in [0.15, 0.2) is 42.7 Å². The van der Waals surface area contributed by atoms with Crippen LogP contribution >= 0.6 is 11.6 Å². The summed E-state index contributed by atoms with van der Waals surface area (Å²) in [5.41, 5.74) is 2.14. The second-order valence-corrected chi connectivity index (χ2v) is 5.98. The highest BCUT2D eigenvalue weighted by molar-refractivity contribution is 6.30. The van der Waals surface area contributed by atoms with Crippen molar-refractivity contribution in [1.29, 1.82) is 0 Å². The lowest BCUT2D eigenvalue weighted by molar-refractivity contribution is 0.139. The van der Waals surface area contributed by atoms with Crippen molar-refractivity contribution in [3.05, 3.63) is 58.9 Å². The molecule has 1 aromatic heterocycles. The number of benzene rings is 1. The second-order valence-electron chi connectivity index (χ2n) is 5.54. The Kier molecular flexibility index (Phi) is 4.42. The number of halogens is 1. The highest BCUT2D eigenvalue weighted by Crippen LogP contribution is 2.33. The van der Waals surface area contributed by atoms with Crippen LogP contribution in [0.1, 0.15) is 36.4 Å². The molecular formula is C17H19ClN2O. The third kappa shape index (κ3) is 3.36. The fourth-order valence-corrected chi connectivity index (χ4v) is 3.23. The van der Waals surface area contributed by atoms with Gasteiger partial charge in [-0.1, -0.05) is 24.1 Å². The number of hydrogen-bond acceptors (Lipinski definition) is 3. The predicted octanol–water partition coefficient (Wildman–Crippen LogP) is 4.17. The molecule has 0 spiro atoms. The number of aromatic hydroxyl groups is 1. The fraction of sp³-hybridized carbons (Fsp3) is 0.353. The Bertz CT molecular complexity index is 603. The first kappa shape index (κ1) is 14.4. The molecule has 1 fully saturated rings. The van der Waals surface area contributed by atoms with Gasteiger partial charge in [-0.25, -0.2) is 0 Å². The number of hydrogen-bond donors (Lipinski definition) is 1. The van der Waals surface area contributed by atoms with Crippen molar-refractivity contribution in [3.63, 3.8) is 0 Å². The van der Waals surface area contributed by atoms with Gasteiger partial charge in [-0.2, -0.15) is 0 Å². The molecule has 1 aliphatic heterocycles. The second kappa shape index (κ2) is 6.46. The smallest absolute Gasteiger partial charge is 0.120 e. The topological polar surface area (TPSA) is 36.4 Å². The SMILES string of the molecule is Oc1ccc(Cl)cc1CN1CCCC[C@H]1c1cccnc1. The Balaban J connectivity index is 1.83. The molecule has 21 heavy (non-hydrogen) atoms. The third-order valence-corrected chi connectivity index (χ3v) is 4.33. The van der Waals surface area contributed by atoms with Crippen LogP contribution in [0.5, 0.6) is 5.75 Å². The standard InChI is InChI=1S/C17H19ClN2O/c18-15-6-7-17(21)14(10-15)12-20-9-2-1-5-16(20)13-4-3-8-19-11-13/h3-4,6-8,10-11,16,21H,1-2,5,9,12H2/t16-/m0/s1. The van der Waals surface area contributed by atoms with Gasteiger partial charge in [0, 0.05) is 35.6 Å². The molecule has 4 heteroatoms. The van der Waals surface area contributed by atoms with E-state index in [0.717, 1.165) is 18.5 Å². The monoisotopic (exact) mass is 302 g/mol. The highest BCUT2D eigenvalue weighted by atomic mass is 35.5. The number of piperidine rings is 1. The lowest BCUT2D eigenvalue weighted by atomic mass is 9.95. The summed E-state index contributed by atoms with van der Waals surface area (Å²) in [7, 11) is 0. The summed E-state index contributed by atoms with van der Waals surface area (Å²) in [6.07, 6.45) is 7.31. The molecule has 3 nitrogen and oxygen atoms in total. The van der Waals surface area contributed by atoms with Gasteiger partial charge in [0.15, 0.2) is 0 Å². The zero-order chi connectivity index (χ0) is 14.7. The fourth-order valence-electron chi connectivity index (χ4n) is 3.03. The van der Waals surface area contributed by atoms with E-state index in [-0.39, 0.29) is 0 Å². The number of rotatable bonds is 3. The normalized spacial score (nSPS) is 19.6. The molecule has 1 N–H and O–H groups in total. The number of likely N-dealkylation sites (tertiary alicyclic amines) is 1. The van der Waals surface area contributed by atoms with Gasteiger partial charge in [-0.15, -0.1) is 0 Å². The first-order chi connectivity index (χ1) is 10.2. The molecule has 0 bridgehead atoms. The molecule has 0 radical (unpaired) electrons. The van der Waals surface area contributed by atoms with Crippen molar-refractivity contribution in [2.24, 2.45) is 0 Å². The van der Waals surface area contributed by atoms with Gasteiger partial charge in [0.05, 0.1) is 0 Å². The molecule has 110 valence electrons. The van der Waals surface area contributed by atoms with E-state index in [0.29, 0.717) is 23.4 Å².